The number of nitrogens with zero attached hydrogens (tertiary/aromatic N) is 1. The van der Waals surface area contributed by atoms with Crippen molar-refractivity contribution in [1.82, 2.24) is 0 Å². The third-order valence-electron chi connectivity index (χ3n) is 1.59. The van der Waals surface area contributed by atoms with Crippen LogP contribution < -0.4 is 0 Å². The van der Waals surface area contributed by atoms with Gasteiger partial charge in [0.1, 0.15) is 0 Å². The molecule has 0 amide bonds. The van der Waals surface area contributed by atoms with Gasteiger partial charge in [0.25, 0.3) is 0 Å². The predicted molar refractivity (Wildman–Crippen MR) is 42.4 cm³/mol. The van der Waals surface area contributed by atoms with Crippen molar-refractivity contribution in [3.8, 4) is 12.0 Å². The Balaban J connectivity index is 3.41. The van der Waals surface area contributed by atoms with Crippen LogP contribution in [-0.4, -0.2) is 0 Å². The van der Waals surface area contributed by atoms with Gasteiger partial charge in [-0.2, -0.15) is 18.4 Å². The number of hydrogen-bond acceptors (Lipinski definition) is 1. The number of nitriles is 1. The van der Waals surface area contributed by atoms with Gasteiger partial charge in [-0.15, -0.1) is 0 Å². The summed E-state index contributed by atoms with van der Waals surface area (Å²) in [7, 11) is 0. The van der Waals surface area contributed by atoms with Crippen LogP contribution in [0.4, 0.5) is 13.2 Å². The number of benzene rings is 1. The zero-order valence-electron chi connectivity index (χ0n) is 6.81. The van der Waals surface area contributed by atoms with E-state index in [0.29, 0.717) is 0 Å². The highest BCUT2D eigenvalue weighted by molar-refractivity contribution is 5.45. The summed E-state index contributed by atoms with van der Waals surface area (Å²) in [4.78, 5) is 0. The summed E-state index contributed by atoms with van der Waals surface area (Å²) in [5, 5.41) is 8.43. The van der Waals surface area contributed by atoms with Gasteiger partial charge in [-0.3, -0.25) is 0 Å². The lowest BCUT2D eigenvalue weighted by atomic mass is 10.0. The van der Waals surface area contributed by atoms with E-state index in [9.17, 15) is 13.2 Å². The first-order valence-corrected chi connectivity index (χ1v) is 3.53. The third-order valence-corrected chi connectivity index (χ3v) is 1.59. The average Bonchev–Trinajstić information content (AvgIpc) is 2.15. The average molecular weight is 194 g/mol. The van der Waals surface area contributed by atoms with E-state index in [1.807, 2.05) is 5.92 Å². The number of halogens is 3. The molecule has 0 aromatic heterocycles. The second-order valence-electron chi connectivity index (χ2n) is 2.49. The topological polar surface area (TPSA) is 23.8 Å². The number of alkyl halides is 3. The monoisotopic (exact) mass is 194 g/mol. The third kappa shape index (κ3) is 1.86. The molecular weight excluding hydrogens is 191 g/mol. The first-order chi connectivity index (χ1) is 6.49. The summed E-state index contributed by atoms with van der Waals surface area (Å²) in [6.45, 7) is 0. The molecule has 0 bridgehead atoms. The second-order valence-corrected chi connectivity index (χ2v) is 2.49. The molecule has 0 aliphatic rings. The van der Waals surface area contributed by atoms with Gasteiger partial charge < -0.3 is 0 Å². The van der Waals surface area contributed by atoms with E-state index in [4.69, 9.17) is 11.7 Å². The SMILES string of the molecule is [C]#Cc1ccc(C#N)c(C(F)(F)F)c1. The standard InChI is InChI=1S/C10H3F3N/c1-2-7-3-4-8(6-14)9(5-7)10(11,12)13/h3-5H. The van der Waals surface area contributed by atoms with E-state index >= 15 is 0 Å². The minimum absolute atomic E-state index is 0.00340. The maximum absolute atomic E-state index is 12.3. The van der Waals surface area contributed by atoms with Crippen molar-refractivity contribution >= 4 is 0 Å². The molecule has 0 spiro atoms. The van der Waals surface area contributed by atoms with Crippen LogP contribution in [0.1, 0.15) is 16.7 Å². The Bertz CT molecular complexity index is 432. The van der Waals surface area contributed by atoms with Crippen molar-refractivity contribution in [3.05, 3.63) is 41.3 Å². The molecule has 0 heterocycles. The fourth-order valence-electron chi connectivity index (χ4n) is 0.954. The molecule has 1 nitrogen and oxygen atoms in total. The lowest BCUT2D eigenvalue weighted by Crippen LogP contribution is -2.08. The summed E-state index contributed by atoms with van der Waals surface area (Å²) >= 11 is 0. The van der Waals surface area contributed by atoms with E-state index in [-0.39, 0.29) is 5.56 Å². The molecule has 0 aliphatic heterocycles. The highest BCUT2D eigenvalue weighted by Crippen LogP contribution is 2.32. The zero-order valence-corrected chi connectivity index (χ0v) is 6.81. The zero-order chi connectivity index (χ0) is 10.8. The van der Waals surface area contributed by atoms with Gasteiger partial charge in [-0.1, -0.05) is 5.92 Å². The van der Waals surface area contributed by atoms with Gasteiger partial charge in [0.2, 0.25) is 0 Å². The van der Waals surface area contributed by atoms with Gasteiger partial charge >= 0.3 is 6.18 Å². The molecule has 0 saturated carbocycles. The summed E-state index contributed by atoms with van der Waals surface area (Å²) < 4.78 is 36.9. The smallest absolute Gasteiger partial charge is 0.192 e. The Morgan fingerprint density at radius 2 is 1.93 bits per heavy atom. The van der Waals surface area contributed by atoms with E-state index < -0.39 is 17.3 Å². The summed E-state index contributed by atoms with van der Waals surface area (Å²) in [5.41, 5.74) is -1.48. The van der Waals surface area contributed by atoms with Crippen molar-refractivity contribution in [2.75, 3.05) is 0 Å². The molecule has 69 valence electrons. The molecule has 1 rings (SSSR count). The minimum Gasteiger partial charge on any atom is -0.192 e. The molecule has 14 heavy (non-hydrogen) atoms. The number of rotatable bonds is 0. The Hall–Kier alpha value is -1.94. The molecule has 0 fully saturated rings. The van der Waals surface area contributed by atoms with E-state index in [0.717, 1.165) is 12.1 Å². The van der Waals surface area contributed by atoms with Crippen LogP contribution in [0.3, 0.4) is 0 Å². The van der Waals surface area contributed by atoms with Crippen LogP contribution in [0.15, 0.2) is 18.2 Å². The van der Waals surface area contributed by atoms with Crippen molar-refractivity contribution in [2.24, 2.45) is 0 Å². The molecule has 0 N–H and O–H groups in total. The summed E-state index contributed by atoms with van der Waals surface area (Å²) in [6, 6.07) is 4.44. The Morgan fingerprint density at radius 1 is 1.29 bits per heavy atom. The van der Waals surface area contributed by atoms with Gasteiger partial charge in [-0.05, 0) is 24.6 Å². The highest BCUT2D eigenvalue weighted by Gasteiger charge is 2.33. The largest absolute Gasteiger partial charge is 0.417 e. The predicted octanol–water partition coefficient (Wildman–Crippen LogP) is 2.51. The van der Waals surface area contributed by atoms with Crippen molar-refractivity contribution in [3.63, 3.8) is 0 Å². The van der Waals surface area contributed by atoms with Crippen LogP contribution in [0.2, 0.25) is 0 Å². The maximum Gasteiger partial charge on any atom is 0.417 e. The van der Waals surface area contributed by atoms with Gasteiger partial charge in [-0.25, -0.2) is 0 Å². The van der Waals surface area contributed by atoms with E-state index in [2.05, 4.69) is 0 Å². The van der Waals surface area contributed by atoms with Crippen molar-refractivity contribution in [1.29, 1.82) is 5.26 Å². The van der Waals surface area contributed by atoms with Crippen LogP contribution in [0, 0.1) is 23.7 Å². The first kappa shape index (κ1) is 10.1. The van der Waals surface area contributed by atoms with E-state index in [1.165, 1.54) is 12.1 Å². The second kappa shape index (κ2) is 3.43. The minimum atomic E-state index is -4.57. The van der Waals surface area contributed by atoms with E-state index in [1.54, 1.807) is 0 Å². The van der Waals surface area contributed by atoms with Gasteiger partial charge in [0, 0.05) is 5.56 Å². The Morgan fingerprint density at radius 3 is 2.36 bits per heavy atom. The lowest BCUT2D eigenvalue weighted by Gasteiger charge is -2.08. The molecule has 0 saturated heterocycles. The van der Waals surface area contributed by atoms with Gasteiger partial charge in [0.05, 0.1) is 17.2 Å². The molecule has 1 aromatic rings. The van der Waals surface area contributed by atoms with Crippen LogP contribution in [0.5, 0.6) is 0 Å². The van der Waals surface area contributed by atoms with Crippen molar-refractivity contribution in [2.45, 2.75) is 6.18 Å². The maximum atomic E-state index is 12.3. The fraction of sp³-hybridized carbons (Fsp3) is 0.100. The van der Waals surface area contributed by atoms with Crippen LogP contribution >= 0.6 is 0 Å². The van der Waals surface area contributed by atoms with Crippen molar-refractivity contribution < 1.29 is 13.2 Å². The molecule has 0 atom stereocenters. The molecule has 4 heteroatoms. The summed E-state index contributed by atoms with van der Waals surface area (Å²) in [6.07, 6.45) is 2.10. The quantitative estimate of drug-likeness (QED) is 0.582. The van der Waals surface area contributed by atoms with Crippen LogP contribution in [0.25, 0.3) is 0 Å². The highest BCUT2D eigenvalue weighted by atomic mass is 19.4. The Labute approximate surface area is 78.8 Å². The summed E-state index contributed by atoms with van der Waals surface area (Å²) in [5.74, 6) is 1.83. The number of hydrogen-bond donors (Lipinski definition) is 0. The fourth-order valence-corrected chi connectivity index (χ4v) is 0.954. The molecule has 0 aliphatic carbocycles. The normalized spacial score (nSPS) is 10.4. The first-order valence-electron chi connectivity index (χ1n) is 3.53. The van der Waals surface area contributed by atoms with Crippen LogP contribution in [-0.2, 0) is 6.18 Å². The molecular formula is C10H3F3N. The van der Waals surface area contributed by atoms with Gasteiger partial charge in [0.15, 0.2) is 0 Å². The lowest BCUT2D eigenvalue weighted by molar-refractivity contribution is -0.137. The molecule has 1 radical (unpaired) electrons. The Kier molecular flexibility index (Phi) is 2.49. The molecule has 1 aromatic carbocycles. The molecule has 0 unspecified atom stereocenters.